The van der Waals surface area contributed by atoms with E-state index in [4.69, 9.17) is 0 Å². The first-order valence-electron chi connectivity index (χ1n) is 6.59. The summed E-state index contributed by atoms with van der Waals surface area (Å²) in [5.41, 5.74) is 1.13. The van der Waals surface area contributed by atoms with E-state index in [0.717, 1.165) is 0 Å². The molecule has 0 unspecified atom stereocenters. The fourth-order valence-corrected chi connectivity index (χ4v) is 1.84. The third-order valence-electron chi connectivity index (χ3n) is 2.85. The van der Waals surface area contributed by atoms with E-state index in [9.17, 15) is 14.4 Å². The number of thiol groups is 1. The van der Waals surface area contributed by atoms with Gasteiger partial charge in [0, 0.05) is 35.8 Å². The van der Waals surface area contributed by atoms with E-state index in [1.54, 1.807) is 24.3 Å². The standard InChI is InChI=1S/C15H15N3O3S/c19-13-6-3-11(9-17-13)15(21)18-12-4-1-10(2-5-12)14(20)16-7-8-22/h1-6,9,22H,7-8H2,(H,16,20)(H,17,19)(H,18,21). The molecule has 0 spiro atoms. The number of pyridine rings is 1. The lowest BCUT2D eigenvalue weighted by molar-refractivity contribution is 0.0955. The molecule has 0 aliphatic rings. The maximum atomic E-state index is 12.0. The lowest BCUT2D eigenvalue weighted by Gasteiger charge is -2.07. The number of amides is 2. The van der Waals surface area contributed by atoms with E-state index in [1.165, 1.54) is 18.3 Å². The molecule has 1 aromatic carbocycles. The van der Waals surface area contributed by atoms with Crippen LogP contribution in [0, 0.1) is 0 Å². The second-order valence-electron chi connectivity index (χ2n) is 4.45. The zero-order valence-corrected chi connectivity index (χ0v) is 12.5. The van der Waals surface area contributed by atoms with Crippen LogP contribution in [-0.4, -0.2) is 29.1 Å². The lowest BCUT2D eigenvalue weighted by atomic mass is 10.2. The number of carbonyl (C=O) groups excluding carboxylic acids is 2. The fourth-order valence-electron chi connectivity index (χ4n) is 1.73. The van der Waals surface area contributed by atoms with E-state index in [0.29, 0.717) is 29.1 Å². The van der Waals surface area contributed by atoms with Gasteiger partial charge in [-0.1, -0.05) is 0 Å². The molecule has 6 nitrogen and oxygen atoms in total. The van der Waals surface area contributed by atoms with Crippen molar-refractivity contribution in [2.24, 2.45) is 0 Å². The first-order chi connectivity index (χ1) is 10.6. The largest absolute Gasteiger partial charge is 0.351 e. The van der Waals surface area contributed by atoms with Gasteiger partial charge in [0.2, 0.25) is 5.56 Å². The average Bonchev–Trinajstić information content (AvgIpc) is 2.54. The molecular formula is C15H15N3O3S. The van der Waals surface area contributed by atoms with Crippen LogP contribution >= 0.6 is 12.6 Å². The monoisotopic (exact) mass is 317 g/mol. The molecule has 0 radical (unpaired) electrons. The number of hydrogen-bond acceptors (Lipinski definition) is 4. The van der Waals surface area contributed by atoms with Gasteiger partial charge in [0.1, 0.15) is 0 Å². The highest BCUT2D eigenvalue weighted by molar-refractivity contribution is 7.80. The molecule has 0 aliphatic heterocycles. The molecular weight excluding hydrogens is 302 g/mol. The van der Waals surface area contributed by atoms with Crippen molar-refractivity contribution >= 4 is 30.1 Å². The summed E-state index contributed by atoms with van der Waals surface area (Å²) in [6.45, 7) is 0.493. The first kappa shape index (κ1) is 15.8. The fraction of sp³-hybridized carbons (Fsp3) is 0.133. The van der Waals surface area contributed by atoms with Crippen LogP contribution < -0.4 is 16.2 Å². The van der Waals surface area contributed by atoms with Crippen molar-refractivity contribution in [3.8, 4) is 0 Å². The number of aromatic nitrogens is 1. The first-order valence-corrected chi connectivity index (χ1v) is 7.22. The molecule has 0 saturated carbocycles. The molecule has 2 amide bonds. The van der Waals surface area contributed by atoms with Crippen LogP contribution in [0.3, 0.4) is 0 Å². The number of carbonyl (C=O) groups is 2. The maximum absolute atomic E-state index is 12.0. The summed E-state index contributed by atoms with van der Waals surface area (Å²) in [5, 5.41) is 5.39. The summed E-state index contributed by atoms with van der Waals surface area (Å²) in [6.07, 6.45) is 1.34. The van der Waals surface area contributed by atoms with Crippen LogP contribution in [0.15, 0.2) is 47.4 Å². The van der Waals surface area contributed by atoms with Gasteiger partial charge in [0.15, 0.2) is 0 Å². The molecule has 2 rings (SSSR count). The van der Waals surface area contributed by atoms with Crippen molar-refractivity contribution in [1.82, 2.24) is 10.3 Å². The predicted octanol–water partition coefficient (Wildman–Crippen LogP) is 1.29. The summed E-state index contributed by atoms with van der Waals surface area (Å²) in [7, 11) is 0. The van der Waals surface area contributed by atoms with E-state index < -0.39 is 0 Å². The van der Waals surface area contributed by atoms with Gasteiger partial charge < -0.3 is 15.6 Å². The molecule has 3 N–H and O–H groups in total. The van der Waals surface area contributed by atoms with Crippen LogP contribution in [-0.2, 0) is 0 Å². The SMILES string of the molecule is O=C(NCCS)c1ccc(NC(=O)c2ccc(=O)[nH]c2)cc1. The van der Waals surface area contributed by atoms with Gasteiger partial charge >= 0.3 is 0 Å². The topological polar surface area (TPSA) is 91.1 Å². The Labute approximate surface area is 132 Å². The minimum atomic E-state index is -0.344. The van der Waals surface area contributed by atoms with Crippen LogP contribution in [0.25, 0.3) is 0 Å². The Morgan fingerprint density at radius 2 is 1.68 bits per heavy atom. The minimum Gasteiger partial charge on any atom is -0.351 e. The molecule has 114 valence electrons. The highest BCUT2D eigenvalue weighted by Gasteiger charge is 2.08. The van der Waals surface area contributed by atoms with Crippen molar-refractivity contribution < 1.29 is 9.59 Å². The Morgan fingerprint density at radius 1 is 1.00 bits per heavy atom. The number of nitrogens with one attached hydrogen (secondary N) is 3. The van der Waals surface area contributed by atoms with Gasteiger partial charge in [-0.3, -0.25) is 14.4 Å². The van der Waals surface area contributed by atoms with Gasteiger partial charge in [-0.25, -0.2) is 0 Å². The number of aromatic amines is 1. The summed E-state index contributed by atoms with van der Waals surface area (Å²) in [4.78, 5) is 37.1. The van der Waals surface area contributed by atoms with Gasteiger partial charge in [-0.15, -0.1) is 0 Å². The van der Waals surface area contributed by atoms with Crippen molar-refractivity contribution in [2.75, 3.05) is 17.6 Å². The Hall–Kier alpha value is -2.54. The summed E-state index contributed by atoms with van der Waals surface area (Å²) in [5.74, 6) is 0.0371. The van der Waals surface area contributed by atoms with E-state index in [-0.39, 0.29) is 17.4 Å². The molecule has 0 saturated heterocycles. The van der Waals surface area contributed by atoms with Crippen molar-refractivity contribution in [2.45, 2.75) is 0 Å². The third-order valence-corrected chi connectivity index (χ3v) is 3.07. The van der Waals surface area contributed by atoms with Crippen LogP contribution in [0.1, 0.15) is 20.7 Å². The molecule has 1 aromatic heterocycles. The molecule has 0 aliphatic carbocycles. The second kappa shape index (κ2) is 7.46. The minimum absolute atomic E-state index is 0.187. The summed E-state index contributed by atoms with van der Waals surface area (Å²) >= 11 is 4.02. The Morgan fingerprint density at radius 3 is 2.27 bits per heavy atom. The quantitative estimate of drug-likeness (QED) is 0.626. The molecule has 0 bridgehead atoms. The van der Waals surface area contributed by atoms with Crippen molar-refractivity contribution in [1.29, 1.82) is 0 Å². The number of benzene rings is 1. The van der Waals surface area contributed by atoms with Crippen LogP contribution in [0.2, 0.25) is 0 Å². The Balaban J connectivity index is 2.01. The second-order valence-corrected chi connectivity index (χ2v) is 4.90. The van der Waals surface area contributed by atoms with Gasteiger partial charge in [-0.05, 0) is 30.3 Å². The molecule has 0 fully saturated rings. The summed E-state index contributed by atoms with van der Waals surface area (Å²) < 4.78 is 0. The molecule has 22 heavy (non-hydrogen) atoms. The zero-order valence-electron chi connectivity index (χ0n) is 11.6. The smallest absolute Gasteiger partial charge is 0.257 e. The molecule has 0 atom stereocenters. The van der Waals surface area contributed by atoms with Crippen molar-refractivity contribution in [3.05, 3.63) is 64.1 Å². The number of H-pyrrole nitrogens is 1. The number of rotatable bonds is 5. The number of hydrogen-bond donors (Lipinski definition) is 4. The highest BCUT2D eigenvalue weighted by Crippen LogP contribution is 2.11. The lowest BCUT2D eigenvalue weighted by Crippen LogP contribution is -2.25. The third kappa shape index (κ3) is 4.23. The molecule has 2 aromatic rings. The predicted molar refractivity (Wildman–Crippen MR) is 87.6 cm³/mol. The van der Waals surface area contributed by atoms with Gasteiger partial charge in [0.05, 0.1) is 5.56 Å². The van der Waals surface area contributed by atoms with Crippen molar-refractivity contribution in [3.63, 3.8) is 0 Å². The van der Waals surface area contributed by atoms with E-state index >= 15 is 0 Å². The zero-order chi connectivity index (χ0) is 15.9. The van der Waals surface area contributed by atoms with Gasteiger partial charge in [0.25, 0.3) is 11.8 Å². The van der Waals surface area contributed by atoms with E-state index in [1.807, 2.05) is 0 Å². The average molecular weight is 317 g/mol. The highest BCUT2D eigenvalue weighted by atomic mass is 32.1. The van der Waals surface area contributed by atoms with E-state index in [2.05, 4.69) is 28.2 Å². The molecule has 7 heteroatoms. The maximum Gasteiger partial charge on any atom is 0.257 e. The van der Waals surface area contributed by atoms with Crippen LogP contribution in [0.5, 0.6) is 0 Å². The number of anilines is 1. The molecule has 1 heterocycles. The van der Waals surface area contributed by atoms with Crippen LogP contribution in [0.4, 0.5) is 5.69 Å². The summed E-state index contributed by atoms with van der Waals surface area (Å²) in [6, 6.07) is 9.24. The Kier molecular flexibility index (Phi) is 5.37. The normalized spacial score (nSPS) is 10.0. The van der Waals surface area contributed by atoms with Gasteiger partial charge in [-0.2, -0.15) is 12.6 Å². The Bertz CT molecular complexity index is 705.